The molecule has 96 valence electrons. The third-order valence-electron chi connectivity index (χ3n) is 2.98. The van der Waals surface area contributed by atoms with Crippen molar-refractivity contribution in [3.63, 3.8) is 0 Å². The SMILES string of the molecule is Cc1ccc(CNc2nc3c(C)cccn3n2)cn1. The molecule has 0 amide bonds. The molecule has 0 atom stereocenters. The summed E-state index contributed by atoms with van der Waals surface area (Å²) in [7, 11) is 0. The molecule has 0 spiro atoms. The Morgan fingerprint density at radius 2 is 2.11 bits per heavy atom. The number of aryl methyl sites for hydroxylation is 2. The summed E-state index contributed by atoms with van der Waals surface area (Å²) in [4.78, 5) is 8.73. The number of nitrogens with one attached hydrogen (secondary N) is 1. The normalized spacial score (nSPS) is 10.8. The van der Waals surface area contributed by atoms with Crippen LogP contribution in [0.4, 0.5) is 5.95 Å². The summed E-state index contributed by atoms with van der Waals surface area (Å²) in [6, 6.07) is 8.04. The van der Waals surface area contributed by atoms with Crippen LogP contribution in [-0.4, -0.2) is 19.6 Å². The maximum absolute atomic E-state index is 4.47. The topological polar surface area (TPSA) is 55.1 Å². The van der Waals surface area contributed by atoms with Gasteiger partial charge in [0.15, 0.2) is 5.65 Å². The van der Waals surface area contributed by atoms with Crippen LogP contribution < -0.4 is 5.32 Å². The summed E-state index contributed by atoms with van der Waals surface area (Å²) < 4.78 is 1.78. The van der Waals surface area contributed by atoms with Crippen LogP contribution in [0.2, 0.25) is 0 Å². The molecule has 3 rings (SSSR count). The second-order valence-corrected chi connectivity index (χ2v) is 4.56. The molecule has 0 aliphatic rings. The fourth-order valence-corrected chi connectivity index (χ4v) is 1.90. The first-order valence-electron chi connectivity index (χ1n) is 6.20. The smallest absolute Gasteiger partial charge is 0.243 e. The molecule has 0 aliphatic heterocycles. The van der Waals surface area contributed by atoms with Gasteiger partial charge in [-0.3, -0.25) is 4.98 Å². The van der Waals surface area contributed by atoms with Gasteiger partial charge in [-0.05, 0) is 37.1 Å². The Hall–Kier alpha value is -2.43. The van der Waals surface area contributed by atoms with Crippen molar-refractivity contribution in [2.45, 2.75) is 20.4 Å². The summed E-state index contributed by atoms with van der Waals surface area (Å²) in [5.74, 6) is 0.634. The molecule has 0 bridgehead atoms. The molecule has 0 saturated heterocycles. The fraction of sp³-hybridized carbons (Fsp3) is 0.214. The van der Waals surface area contributed by atoms with Gasteiger partial charge >= 0.3 is 0 Å². The number of hydrogen-bond acceptors (Lipinski definition) is 4. The summed E-state index contributed by atoms with van der Waals surface area (Å²) in [6.07, 6.45) is 3.76. The van der Waals surface area contributed by atoms with Crippen molar-refractivity contribution in [2.24, 2.45) is 0 Å². The predicted molar refractivity (Wildman–Crippen MR) is 74.0 cm³/mol. The highest BCUT2D eigenvalue weighted by molar-refractivity contribution is 5.49. The molecule has 3 aromatic rings. The Morgan fingerprint density at radius 3 is 2.84 bits per heavy atom. The fourth-order valence-electron chi connectivity index (χ4n) is 1.90. The second-order valence-electron chi connectivity index (χ2n) is 4.56. The first-order valence-corrected chi connectivity index (χ1v) is 6.20. The van der Waals surface area contributed by atoms with Crippen LogP contribution in [0.3, 0.4) is 0 Å². The van der Waals surface area contributed by atoms with E-state index in [1.54, 1.807) is 4.52 Å². The molecular weight excluding hydrogens is 238 g/mol. The largest absolute Gasteiger partial charge is 0.349 e. The van der Waals surface area contributed by atoms with Crippen LogP contribution in [0.1, 0.15) is 16.8 Å². The molecule has 5 nitrogen and oxygen atoms in total. The first-order chi connectivity index (χ1) is 9.22. The second kappa shape index (κ2) is 4.68. The van der Waals surface area contributed by atoms with E-state index in [2.05, 4.69) is 26.4 Å². The maximum Gasteiger partial charge on any atom is 0.243 e. The highest BCUT2D eigenvalue weighted by atomic mass is 15.3. The zero-order valence-corrected chi connectivity index (χ0v) is 11.0. The lowest BCUT2D eigenvalue weighted by Gasteiger charge is -2.01. The van der Waals surface area contributed by atoms with E-state index in [4.69, 9.17) is 0 Å². The molecule has 0 aromatic carbocycles. The van der Waals surface area contributed by atoms with Gasteiger partial charge < -0.3 is 5.32 Å². The maximum atomic E-state index is 4.47. The number of aromatic nitrogens is 4. The van der Waals surface area contributed by atoms with Crippen molar-refractivity contribution in [1.82, 2.24) is 19.6 Å². The zero-order valence-electron chi connectivity index (χ0n) is 11.0. The van der Waals surface area contributed by atoms with Crippen molar-refractivity contribution in [3.8, 4) is 0 Å². The predicted octanol–water partition coefficient (Wildman–Crippen LogP) is 2.35. The molecule has 3 heterocycles. The Bertz CT molecular complexity index is 699. The number of anilines is 1. The van der Waals surface area contributed by atoms with Crippen LogP contribution in [0.5, 0.6) is 0 Å². The van der Waals surface area contributed by atoms with Gasteiger partial charge in [-0.25, -0.2) is 4.52 Å². The van der Waals surface area contributed by atoms with E-state index in [9.17, 15) is 0 Å². The number of hydrogen-bond donors (Lipinski definition) is 1. The van der Waals surface area contributed by atoms with Gasteiger partial charge in [-0.1, -0.05) is 12.1 Å². The molecule has 19 heavy (non-hydrogen) atoms. The minimum Gasteiger partial charge on any atom is -0.349 e. The Morgan fingerprint density at radius 1 is 1.21 bits per heavy atom. The van der Waals surface area contributed by atoms with Crippen LogP contribution >= 0.6 is 0 Å². The van der Waals surface area contributed by atoms with Crippen molar-refractivity contribution in [1.29, 1.82) is 0 Å². The lowest BCUT2D eigenvalue weighted by molar-refractivity contribution is 0.944. The Labute approximate surface area is 111 Å². The van der Waals surface area contributed by atoms with Crippen molar-refractivity contribution >= 4 is 11.6 Å². The molecule has 0 radical (unpaired) electrons. The molecule has 5 heteroatoms. The van der Waals surface area contributed by atoms with Crippen LogP contribution in [0.15, 0.2) is 36.7 Å². The van der Waals surface area contributed by atoms with E-state index in [-0.39, 0.29) is 0 Å². The number of nitrogens with zero attached hydrogens (tertiary/aromatic N) is 4. The van der Waals surface area contributed by atoms with E-state index >= 15 is 0 Å². The summed E-state index contributed by atoms with van der Waals surface area (Å²) in [5.41, 5.74) is 4.12. The Kier molecular flexibility index (Phi) is 2.87. The monoisotopic (exact) mass is 253 g/mol. The van der Waals surface area contributed by atoms with Crippen LogP contribution in [-0.2, 0) is 6.54 Å². The number of fused-ring (bicyclic) bond motifs is 1. The van der Waals surface area contributed by atoms with Gasteiger partial charge in [0.1, 0.15) is 0 Å². The summed E-state index contributed by atoms with van der Waals surface area (Å²) >= 11 is 0. The summed E-state index contributed by atoms with van der Waals surface area (Å²) in [6.45, 7) is 4.67. The van der Waals surface area contributed by atoms with Gasteiger partial charge in [-0.15, -0.1) is 5.10 Å². The lowest BCUT2D eigenvalue weighted by Crippen LogP contribution is -2.01. The quantitative estimate of drug-likeness (QED) is 0.778. The summed E-state index contributed by atoms with van der Waals surface area (Å²) in [5, 5.41) is 7.59. The minimum atomic E-state index is 0.634. The average Bonchev–Trinajstić information content (AvgIpc) is 2.83. The number of pyridine rings is 2. The van der Waals surface area contributed by atoms with Crippen molar-refractivity contribution < 1.29 is 0 Å². The highest BCUT2D eigenvalue weighted by Gasteiger charge is 2.04. The molecule has 3 aromatic heterocycles. The Balaban J connectivity index is 1.78. The molecule has 0 aliphatic carbocycles. The van der Waals surface area contributed by atoms with E-state index < -0.39 is 0 Å². The van der Waals surface area contributed by atoms with Gasteiger partial charge in [0.05, 0.1) is 0 Å². The van der Waals surface area contributed by atoms with Crippen LogP contribution in [0.25, 0.3) is 5.65 Å². The first kappa shape index (κ1) is 11.6. The molecule has 0 unspecified atom stereocenters. The standard InChI is InChI=1S/C14H15N5/c1-10-4-3-7-19-13(10)17-14(18-19)16-9-12-6-5-11(2)15-8-12/h3-8H,9H2,1-2H3,(H,16,18). The zero-order chi connectivity index (χ0) is 13.2. The average molecular weight is 253 g/mol. The lowest BCUT2D eigenvalue weighted by atomic mass is 10.2. The van der Waals surface area contributed by atoms with Crippen LogP contribution in [0, 0.1) is 13.8 Å². The van der Waals surface area contributed by atoms with Gasteiger partial charge in [0.25, 0.3) is 0 Å². The van der Waals surface area contributed by atoms with E-state index in [0.29, 0.717) is 12.5 Å². The van der Waals surface area contributed by atoms with Gasteiger partial charge in [-0.2, -0.15) is 4.98 Å². The molecule has 0 fully saturated rings. The highest BCUT2D eigenvalue weighted by Crippen LogP contribution is 2.10. The van der Waals surface area contributed by atoms with E-state index in [1.165, 1.54) is 0 Å². The van der Waals surface area contributed by atoms with Gasteiger partial charge in [0.2, 0.25) is 5.95 Å². The van der Waals surface area contributed by atoms with Gasteiger partial charge in [0, 0.05) is 24.6 Å². The molecule has 0 saturated carbocycles. The third-order valence-corrected chi connectivity index (χ3v) is 2.98. The van der Waals surface area contributed by atoms with E-state index in [0.717, 1.165) is 22.5 Å². The number of rotatable bonds is 3. The van der Waals surface area contributed by atoms with Crippen molar-refractivity contribution in [2.75, 3.05) is 5.32 Å². The van der Waals surface area contributed by atoms with E-state index in [1.807, 2.05) is 44.4 Å². The minimum absolute atomic E-state index is 0.634. The molecule has 1 N–H and O–H groups in total. The molecular formula is C14H15N5. The van der Waals surface area contributed by atoms with Crippen molar-refractivity contribution in [3.05, 3.63) is 53.5 Å². The third kappa shape index (κ3) is 2.40.